The van der Waals surface area contributed by atoms with Gasteiger partial charge in [0.05, 0.1) is 19.5 Å². The molecule has 0 aromatic heterocycles. The number of ether oxygens (including phenoxy) is 1. The highest BCUT2D eigenvalue weighted by Gasteiger charge is 2.23. The number of hydrazone groups is 1. The second kappa shape index (κ2) is 6.16. The maximum absolute atomic E-state index is 11.2. The summed E-state index contributed by atoms with van der Waals surface area (Å²) in [6.45, 7) is 0. The topological polar surface area (TPSA) is 95.6 Å². The number of alkyl halides is 1. The number of methoxy groups -OCH3 is 1. The number of benzene rings is 1. The van der Waals surface area contributed by atoms with Crippen LogP contribution in [0.3, 0.4) is 0 Å². The summed E-state index contributed by atoms with van der Waals surface area (Å²) in [5.74, 6) is -0.181. The Balaban J connectivity index is 2.20. The molecule has 0 spiro atoms. The molecule has 1 aliphatic rings. The van der Waals surface area contributed by atoms with E-state index in [0.717, 1.165) is 0 Å². The second-order valence-electron chi connectivity index (χ2n) is 3.76. The lowest BCUT2D eigenvalue weighted by atomic mass is 10.2. The molecular formula is C12H11ClN4O3. The molecule has 1 heterocycles. The SMILES string of the molecule is COc1cccc(/C=N\N=C2\C=NNC(=O)C2Cl)c1O. The minimum absolute atomic E-state index is 0.0450. The van der Waals surface area contributed by atoms with Crippen molar-refractivity contribution in [2.24, 2.45) is 15.3 Å². The Bertz CT molecular complexity index is 613. The van der Waals surface area contributed by atoms with Gasteiger partial charge < -0.3 is 9.84 Å². The highest BCUT2D eigenvalue weighted by molar-refractivity contribution is 6.54. The Kier molecular flexibility index (Phi) is 4.31. The quantitative estimate of drug-likeness (QED) is 0.492. The third-order valence-corrected chi connectivity index (χ3v) is 2.90. The van der Waals surface area contributed by atoms with E-state index in [9.17, 15) is 9.90 Å². The molecule has 0 saturated heterocycles. The van der Waals surface area contributed by atoms with E-state index >= 15 is 0 Å². The fraction of sp³-hybridized carbons (Fsp3) is 0.167. The molecule has 0 bridgehead atoms. The van der Waals surface area contributed by atoms with Gasteiger partial charge in [-0.15, -0.1) is 11.6 Å². The van der Waals surface area contributed by atoms with Crippen LogP contribution in [0.4, 0.5) is 0 Å². The van der Waals surface area contributed by atoms with Crippen molar-refractivity contribution in [2.75, 3.05) is 7.11 Å². The van der Waals surface area contributed by atoms with Crippen LogP contribution >= 0.6 is 11.6 Å². The number of halogens is 1. The number of hydrogen-bond acceptors (Lipinski definition) is 6. The molecule has 1 atom stereocenters. The summed E-state index contributed by atoms with van der Waals surface area (Å²) < 4.78 is 4.97. The van der Waals surface area contributed by atoms with E-state index in [1.54, 1.807) is 18.2 Å². The first-order valence-electron chi connectivity index (χ1n) is 5.57. The number of nitrogens with zero attached hydrogens (tertiary/aromatic N) is 3. The standard InChI is InChI=1S/C12H11ClN4O3/c1-20-9-4-2-3-7(11(9)18)5-14-16-8-6-15-17-12(19)10(8)13/h2-6,10,18H,1H3,(H,17,19)/b14-5-,16-8-. The average molecular weight is 295 g/mol. The molecule has 0 radical (unpaired) electrons. The van der Waals surface area contributed by atoms with E-state index in [4.69, 9.17) is 16.3 Å². The number of hydrogen-bond donors (Lipinski definition) is 2. The van der Waals surface area contributed by atoms with Gasteiger partial charge >= 0.3 is 0 Å². The monoisotopic (exact) mass is 294 g/mol. The molecule has 1 aliphatic heterocycles. The number of para-hydroxylation sites is 1. The Labute approximate surface area is 119 Å². The van der Waals surface area contributed by atoms with Crippen LogP contribution in [0.2, 0.25) is 0 Å². The Morgan fingerprint density at radius 3 is 3.10 bits per heavy atom. The molecule has 0 saturated carbocycles. The van der Waals surface area contributed by atoms with Crippen molar-refractivity contribution in [3.63, 3.8) is 0 Å². The number of carbonyl (C=O) groups is 1. The van der Waals surface area contributed by atoms with Crippen LogP contribution in [-0.4, -0.2) is 41.6 Å². The van der Waals surface area contributed by atoms with Gasteiger partial charge in [-0.2, -0.15) is 15.3 Å². The summed E-state index contributed by atoms with van der Waals surface area (Å²) >= 11 is 5.82. The van der Waals surface area contributed by atoms with Crippen LogP contribution in [0.5, 0.6) is 11.5 Å². The maximum atomic E-state index is 11.2. The Hall–Kier alpha value is -2.41. The summed E-state index contributed by atoms with van der Waals surface area (Å²) in [6.07, 6.45) is 2.64. The second-order valence-corrected chi connectivity index (χ2v) is 4.20. The van der Waals surface area contributed by atoms with Gasteiger partial charge in [-0.25, -0.2) is 5.43 Å². The van der Waals surface area contributed by atoms with E-state index in [1.807, 2.05) is 0 Å². The summed E-state index contributed by atoms with van der Waals surface area (Å²) in [4.78, 5) is 11.2. The smallest absolute Gasteiger partial charge is 0.264 e. The summed E-state index contributed by atoms with van der Waals surface area (Å²) in [6, 6.07) is 4.96. The van der Waals surface area contributed by atoms with Gasteiger partial charge in [-0.3, -0.25) is 4.79 Å². The highest BCUT2D eigenvalue weighted by Crippen LogP contribution is 2.27. The van der Waals surface area contributed by atoms with Crippen LogP contribution in [0.1, 0.15) is 5.56 Å². The van der Waals surface area contributed by atoms with E-state index in [0.29, 0.717) is 11.3 Å². The summed E-state index contributed by atoms with van der Waals surface area (Å²) in [5.41, 5.74) is 2.85. The van der Waals surface area contributed by atoms with Crippen molar-refractivity contribution in [2.45, 2.75) is 5.38 Å². The van der Waals surface area contributed by atoms with Crippen LogP contribution in [0.15, 0.2) is 33.5 Å². The third-order valence-electron chi connectivity index (χ3n) is 2.48. The van der Waals surface area contributed by atoms with Crippen LogP contribution in [0.25, 0.3) is 0 Å². The number of nitrogens with one attached hydrogen (secondary N) is 1. The van der Waals surface area contributed by atoms with Crippen molar-refractivity contribution in [1.82, 2.24) is 5.43 Å². The predicted octanol–water partition coefficient (Wildman–Crippen LogP) is 0.899. The first-order valence-corrected chi connectivity index (χ1v) is 6.01. The van der Waals surface area contributed by atoms with Crippen molar-refractivity contribution in [3.8, 4) is 11.5 Å². The largest absolute Gasteiger partial charge is 0.504 e. The molecule has 7 nitrogen and oxygen atoms in total. The maximum Gasteiger partial charge on any atom is 0.264 e. The van der Waals surface area contributed by atoms with Crippen molar-refractivity contribution in [1.29, 1.82) is 0 Å². The zero-order valence-electron chi connectivity index (χ0n) is 10.4. The number of amides is 1. The lowest BCUT2D eigenvalue weighted by molar-refractivity contribution is -0.119. The van der Waals surface area contributed by atoms with Gasteiger partial charge in [-0.1, -0.05) is 6.07 Å². The van der Waals surface area contributed by atoms with Crippen molar-refractivity contribution in [3.05, 3.63) is 23.8 Å². The normalized spacial score (nSPS) is 20.4. The minimum Gasteiger partial charge on any atom is -0.504 e. The molecule has 0 fully saturated rings. The number of phenols is 1. The first kappa shape index (κ1) is 14.0. The zero-order chi connectivity index (χ0) is 14.5. The molecular weight excluding hydrogens is 284 g/mol. The zero-order valence-corrected chi connectivity index (χ0v) is 11.2. The van der Waals surface area contributed by atoms with Crippen molar-refractivity contribution >= 4 is 35.6 Å². The summed E-state index contributed by atoms with van der Waals surface area (Å²) in [5, 5.41) is 20.1. The van der Waals surface area contributed by atoms with Gasteiger partial charge in [-0.05, 0) is 12.1 Å². The predicted molar refractivity (Wildman–Crippen MR) is 76.0 cm³/mol. The molecule has 1 amide bonds. The fourth-order valence-electron chi connectivity index (χ4n) is 1.46. The van der Waals surface area contributed by atoms with Crippen LogP contribution in [0, 0.1) is 0 Å². The molecule has 2 rings (SSSR count). The summed E-state index contributed by atoms with van der Waals surface area (Å²) in [7, 11) is 1.45. The Morgan fingerprint density at radius 1 is 1.55 bits per heavy atom. The lowest BCUT2D eigenvalue weighted by Gasteiger charge is -2.10. The lowest BCUT2D eigenvalue weighted by Crippen LogP contribution is -2.38. The van der Waals surface area contributed by atoms with Gasteiger partial charge in [0.1, 0.15) is 5.71 Å². The number of phenolic OH excluding ortho intramolecular Hbond substituents is 1. The third kappa shape index (κ3) is 2.94. The van der Waals surface area contributed by atoms with Crippen molar-refractivity contribution < 1.29 is 14.6 Å². The van der Waals surface area contributed by atoms with E-state index < -0.39 is 11.3 Å². The first-order chi connectivity index (χ1) is 9.63. The fourth-order valence-corrected chi connectivity index (χ4v) is 1.61. The van der Waals surface area contributed by atoms with E-state index in [2.05, 4.69) is 20.7 Å². The number of carbonyl (C=O) groups excluding carboxylic acids is 1. The van der Waals surface area contributed by atoms with Crippen LogP contribution in [-0.2, 0) is 4.79 Å². The van der Waals surface area contributed by atoms with Gasteiger partial charge in [0, 0.05) is 5.56 Å². The minimum atomic E-state index is -0.941. The van der Waals surface area contributed by atoms with Crippen LogP contribution < -0.4 is 10.2 Å². The molecule has 8 heteroatoms. The molecule has 1 aromatic rings. The molecule has 20 heavy (non-hydrogen) atoms. The van der Waals surface area contributed by atoms with E-state index in [-0.39, 0.29) is 11.5 Å². The van der Waals surface area contributed by atoms with Gasteiger partial charge in [0.15, 0.2) is 16.9 Å². The average Bonchev–Trinajstić information content (AvgIpc) is 2.45. The Morgan fingerprint density at radius 2 is 2.35 bits per heavy atom. The molecule has 0 aliphatic carbocycles. The molecule has 1 aromatic carbocycles. The van der Waals surface area contributed by atoms with E-state index in [1.165, 1.54) is 19.5 Å². The molecule has 1 unspecified atom stereocenters. The number of rotatable bonds is 3. The molecule has 2 N–H and O–H groups in total. The van der Waals surface area contributed by atoms with Gasteiger partial charge in [0.25, 0.3) is 5.91 Å². The highest BCUT2D eigenvalue weighted by atomic mass is 35.5. The van der Waals surface area contributed by atoms with Gasteiger partial charge in [0.2, 0.25) is 0 Å². The number of aromatic hydroxyl groups is 1. The molecule has 104 valence electrons.